The van der Waals surface area contributed by atoms with E-state index in [0.29, 0.717) is 19.6 Å². The number of rotatable bonds is 4. The second-order valence-electron chi connectivity index (χ2n) is 3.87. The fourth-order valence-electron chi connectivity index (χ4n) is 1.70. The summed E-state index contributed by atoms with van der Waals surface area (Å²) >= 11 is 0. The smallest absolute Gasteiger partial charge is 0.222 e. The molecule has 1 aliphatic rings. The Balaban J connectivity index is 1.67. The van der Waals surface area contributed by atoms with Crippen LogP contribution in [0.2, 0.25) is 0 Å². The number of H-pyrrole nitrogens is 1. The fraction of sp³-hybridized carbons (Fsp3) is 0.545. The van der Waals surface area contributed by atoms with Gasteiger partial charge < -0.3 is 20.4 Å². The van der Waals surface area contributed by atoms with E-state index >= 15 is 0 Å². The number of carbonyl (C=O) groups excluding carboxylic acids is 1. The number of nitrogens with one attached hydrogen (secondary N) is 3. The van der Waals surface area contributed by atoms with Crippen molar-refractivity contribution in [2.24, 2.45) is 0 Å². The Hall–Kier alpha value is -1.33. The fourth-order valence-corrected chi connectivity index (χ4v) is 1.70. The Morgan fingerprint density at radius 1 is 1.62 bits per heavy atom. The van der Waals surface area contributed by atoms with Crippen molar-refractivity contribution in [1.82, 2.24) is 15.6 Å². The van der Waals surface area contributed by atoms with Crippen LogP contribution in [0.25, 0.3) is 0 Å². The van der Waals surface area contributed by atoms with Crippen molar-refractivity contribution in [2.75, 3.05) is 19.7 Å². The highest BCUT2D eigenvalue weighted by atomic mass is 16.5. The minimum Gasteiger partial charge on any atom is -0.375 e. The number of amides is 1. The molecule has 1 aliphatic heterocycles. The van der Waals surface area contributed by atoms with Crippen LogP contribution in [0.4, 0.5) is 0 Å². The molecule has 2 rings (SSSR count). The summed E-state index contributed by atoms with van der Waals surface area (Å²) in [6.45, 7) is 2.87. The molecule has 1 aromatic rings. The Morgan fingerprint density at radius 3 is 3.25 bits per heavy atom. The van der Waals surface area contributed by atoms with E-state index < -0.39 is 0 Å². The third-order valence-electron chi connectivity index (χ3n) is 2.56. The molecule has 0 aliphatic carbocycles. The second-order valence-corrected chi connectivity index (χ2v) is 3.87. The minimum absolute atomic E-state index is 0.0115. The van der Waals surface area contributed by atoms with Crippen LogP contribution < -0.4 is 10.6 Å². The molecule has 5 nitrogen and oxygen atoms in total. The van der Waals surface area contributed by atoms with E-state index in [9.17, 15) is 4.79 Å². The molecule has 1 amide bonds. The molecule has 1 fully saturated rings. The predicted octanol–water partition coefficient (Wildman–Crippen LogP) is 0.00940. The average Bonchev–Trinajstić information content (AvgIpc) is 2.81. The molecule has 1 atom stereocenters. The maximum Gasteiger partial charge on any atom is 0.222 e. The van der Waals surface area contributed by atoms with Crippen molar-refractivity contribution < 1.29 is 9.53 Å². The van der Waals surface area contributed by atoms with Crippen LogP contribution >= 0.6 is 0 Å². The number of hydrogen-bond acceptors (Lipinski definition) is 3. The van der Waals surface area contributed by atoms with Crippen LogP contribution in [0.3, 0.4) is 0 Å². The van der Waals surface area contributed by atoms with Crippen LogP contribution in [0.5, 0.6) is 0 Å². The molecular weight excluding hydrogens is 206 g/mol. The summed E-state index contributed by atoms with van der Waals surface area (Å²) in [6.07, 6.45) is 2.28. The maximum absolute atomic E-state index is 11.6. The normalized spacial score (nSPS) is 20.6. The van der Waals surface area contributed by atoms with Gasteiger partial charge in [-0.15, -0.1) is 0 Å². The van der Waals surface area contributed by atoms with Gasteiger partial charge >= 0.3 is 0 Å². The quantitative estimate of drug-likeness (QED) is 0.673. The van der Waals surface area contributed by atoms with Crippen molar-refractivity contribution in [3.8, 4) is 0 Å². The zero-order valence-electron chi connectivity index (χ0n) is 9.16. The lowest BCUT2D eigenvalue weighted by molar-refractivity contribution is -0.124. The van der Waals surface area contributed by atoms with Crippen LogP contribution in [0.15, 0.2) is 18.3 Å². The third-order valence-corrected chi connectivity index (χ3v) is 2.56. The molecule has 0 saturated carbocycles. The first-order valence-corrected chi connectivity index (χ1v) is 5.56. The van der Waals surface area contributed by atoms with Crippen LogP contribution in [-0.2, 0) is 16.1 Å². The third kappa shape index (κ3) is 3.36. The Labute approximate surface area is 94.6 Å². The maximum atomic E-state index is 11.6. The zero-order chi connectivity index (χ0) is 11.2. The highest BCUT2D eigenvalue weighted by molar-refractivity contribution is 5.76. The molecule has 1 aromatic heterocycles. The highest BCUT2D eigenvalue weighted by Gasteiger charge is 2.16. The standard InChI is InChI=1S/C11H17N3O2/c15-11(6-10-8-12-4-5-16-10)14-7-9-2-1-3-13-9/h1-3,10,12-13H,4-8H2,(H,14,15). The lowest BCUT2D eigenvalue weighted by atomic mass is 10.2. The molecule has 1 unspecified atom stereocenters. The van der Waals surface area contributed by atoms with Crippen molar-refractivity contribution in [2.45, 2.75) is 19.1 Å². The summed E-state index contributed by atoms with van der Waals surface area (Å²) in [5, 5.41) is 6.05. The summed E-state index contributed by atoms with van der Waals surface area (Å²) in [7, 11) is 0. The Morgan fingerprint density at radius 2 is 2.56 bits per heavy atom. The summed E-state index contributed by atoms with van der Waals surface area (Å²) in [5.41, 5.74) is 1.01. The van der Waals surface area contributed by atoms with E-state index in [1.54, 1.807) is 0 Å². The van der Waals surface area contributed by atoms with Gasteiger partial charge in [0.1, 0.15) is 0 Å². The van der Waals surface area contributed by atoms with Crippen molar-refractivity contribution in [3.63, 3.8) is 0 Å². The van der Waals surface area contributed by atoms with Gasteiger partial charge in [0.15, 0.2) is 0 Å². The lowest BCUT2D eigenvalue weighted by Gasteiger charge is -2.22. The minimum atomic E-state index is 0.0115. The molecule has 1 saturated heterocycles. The van der Waals surface area contributed by atoms with Crippen LogP contribution in [-0.4, -0.2) is 36.7 Å². The van der Waals surface area contributed by atoms with E-state index in [0.717, 1.165) is 18.8 Å². The predicted molar refractivity (Wildman–Crippen MR) is 59.9 cm³/mol. The van der Waals surface area contributed by atoms with E-state index in [-0.39, 0.29) is 12.0 Å². The number of morpholine rings is 1. The van der Waals surface area contributed by atoms with E-state index in [4.69, 9.17) is 4.74 Å². The molecule has 0 radical (unpaired) electrons. The van der Waals surface area contributed by atoms with Gasteiger partial charge in [-0.25, -0.2) is 0 Å². The number of ether oxygens (including phenoxy) is 1. The molecule has 0 spiro atoms. The summed E-state index contributed by atoms with van der Waals surface area (Å²) in [6, 6.07) is 3.86. The zero-order valence-corrected chi connectivity index (χ0v) is 9.16. The number of aromatic nitrogens is 1. The van der Waals surface area contributed by atoms with E-state index in [1.807, 2.05) is 18.3 Å². The topological polar surface area (TPSA) is 66.2 Å². The van der Waals surface area contributed by atoms with E-state index in [1.165, 1.54) is 0 Å². The Kier molecular flexibility index (Phi) is 3.96. The molecular formula is C11H17N3O2. The lowest BCUT2D eigenvalue weighted by Crippen LogP contribution is -2.41. The SMILES string of the molecule is O=C(CC1CNCCO1)NCc1ccc[nH]1. The first-order chi connectivity index (χ1) is 7.84. The van der Waals surface area contributed by atoms with E-state index in [2.05, 4.69) is 15.6 Å². The summed E-state index contributed by atoms with van der Waals surface area (Å²) < 4.78 is 5.45. The van der Waals surface area contributed by atoms with Gasteiger partial charge in [-0.05, 0) is 12.1 Å². The first-order valence-electron chi connectivity index (χ1n) is 5.56. The molecule has 0 aromatic carbocycles. The highest BCUT2D eigenvalue weighted by Crippen LogP contribution is 2.01. The van der Waals surface area contributed by atoms with Crippen molar-refractivity contribution in [3.05, 3.63) is 24.0 Å². The molecule has 5 heteroatoms. The van der Waals surface area contributed by atoms with Gasteiger partial charge in [0.2, 0.25) is 5.91 Å². The molecule has 0 bridgehead atoms. The molecule has 16 heavy (non-hydrogen) atoms. The van der Waals surface area contributed by atoms with Gasteiger partial charge in [0.05, 0.1) is 25.7 Å². The number of aromatic amines is 1. The van der Waals surface area contributed by atoms with Gasteiger partial charge in [-0.3, -0.25) is 4.79 Å². The average molecular weight is 223 g/mol. The van der Waals surface area contributed by atoms with Crippen LogP contribution in [0, 0.1) is 0 Å². The monoisotopic (exact) mass is 223 g/mol. The first kappa shape index (κ1) is 11.2. The van der Waals surface area contributed by atoms with Gasteiger partial charge in [0, 0.05) is 25.0 Å². The number of carbonyl (C=O) groups is 1. The van der Waals surface area contributed by atoms with Crippen molar-refractivity contribution >= 4 is 5.91 Å². The molecule has 88 valence electrons. The Bertz CT molecular complexity index is 318. The molecule has 2 heterocycles. The van der Waals surface area contributed by atoms with Gasteiger partial charge in [-0.2, -0.15) is 0 Å². The largest absolute Gasteiger partial charge is 0.375 e. The van der Waals surface area contributed by atoms with Gasteiger partial charge in [-0.1, -0.05) is 0 Å². The van der Waals surface area contributed by atoms with Crippen molar-refractivity contribution in [1.29, 1.82) is 0 Å². The summed E-state index contributed by atoms with van der Waals surface area (Å²) in [5.74, 6) is 0.0308. The summed E-state index contributed by atoms with van der Waals surface area (Å²) in [4.78, 5) is 14.6. The number of hydrogen-bond donors (Lipinski definition) is 3. The van der Waals surface area contributed by atoms with Gasteiger partial charge in [0.25, 0.3) is 0 Å². The molecule has 3 N–H and O–H groups in total. The van der Waals surface area contributed by atoms with Crippen LogP contribution in [0.1, 0.15) is 12.1 Å². The second kappa shape index (κ2) is 5.67.